The minimum atomic E-state index is -0.00300. The number of hydrogen-bond acceptors (Lipinski definition) is 3. The van der Waals surface area contributed by atoms with E-state index in [1.807, 2.05) is 0 Å². The van der Waals surface area contributed by atoms with E-state index < -0.39 is 0 Å². The number of amides is 2. The molecule has 15 heavy (non-hydrogen) atoms. The van der Waals surface area contributed by atoms with Crippen LogP contribution in [0.2, 0.25) is 0 Å². The lowest BCUT2D eigenvalue weighted by Crippen LogP contribution is -2.52. The van der Waals surface area contributed by atoms with Crippen LogP contribution >= 0.6 is 0 Å². The second kappa shape index (κ2) is 5.70. The summed E-state index contributed by atoms with van der Waals surface area (Å²) >= 11 is 0. The van der Waals surface area contributed by atoms with Crippen LogP contribution in [0.1, 0.15) is 19.3 Å². The van der Waals surface area contributed by atoms with Gasteiger partial charge >= 0.3 is 0 Å². The summed E-state index contributed by atoms with van der Waals surface area (Å²) in [5.41, 5.74) is 0. The first-order chi connectivity index (χ1) is 7.15. The SMILES string of the molecule is CN1CC(=O)N(CCCCCO)CC1=O. The zero-order valence-electron chi connectivity index (χ0n) is 9.11. The molecule has 1 saturated heterocycles. The normalized spacial score (nSPS) is 17.5. The quantitative estimate of drug-likeness (QED) is 0.625. The molecule has 0 radical (unpaired) electrons. The third-order valence-corrected chi connectivity index (χ3v) is 2.56. The van der Waals surface area contributed by atoms with Gasteiger partial charge in [-0.05, 0) is 19.3 Å². The molecule has 5 heteroatoms. The Morgan fingerprint density at radius 3 is 2.53 bits per heavy atom. The van der Waals surface area contributed by atoms with Crippen molar-refractivity contribution in [2.45, 2.75) is 19.3 Å². The van der Waals surface area contributed by atoms with E-state index in [4.69, 9.17) is 5.11 Å². The monoisotopic (exact) mass is 214 g/mol. The van der Waals surface area contributed by atoms with E-state index in [9.17, 15) is 9.59 Å². The number of aliphatic hydroxyl groups excluding tert-OH is 1. The molecule has 5 nitrogen and oxygen atoms in total. The standard InChI is InChI=1S/C10H18N2O3/c1-11-7-10(15)12(8-9(11)14)5-3-2-4-6-13/h13H,2-8H2,1H3. The fourth-order valence-corrected chi connectivity index (χ4v) is 1.56. The Labute approximate surface area is 89.7 Å². The lowest BCUT2D eigenvalue weighted by atomic mass is 10.2. The van der Waals surface area contributed by atoms with E-state index in [2.05, 4.69) is 0 Å². The maximum Gasteiger partial charge on any atom is 0.242 e. The van der Waals surface area contributed by atoms with Crippen LogP contribution in [0, 0.1) is 0 Å². The van der Waals surface area contributed by atoms with E-state index in [-0.39, 0.29) is 31.5 Å². The highest BCUT2D eigenvalue weighted by atomic mass is 16.3. The summed E-state index contributed by atoms with van der Waals surface area (Å²) in [5, 5.41) is 8.59. The predicted molar refractivity (Wildman–Crippen MR) is 55.2 cm³/mol. The first-order valence-electron chi connectivity index (χ1n) is 5.27. The van der Waals surface area contributed by atoms with Crippen LogP contribution in [0.3, 0.4) is 0 Å². The first-order valence-corrected chi connectivity index (χ1v) is 5.27. The molecule has 0 aromatic heterocycles. The molecular formula is C10H18N2O3. The number of piperazine rings is 1. The van der Waals surface area contributed by atoms with Gasteiger partial charge in [0.05, 0.1) is 13.1 Å². The third kappa shape index (κ3) is 3.51. The largest absolute Gasteiger partial charge is 0.396 e. The molecule has 0 spiro atoms. The number of unbranched alkanes of at least 4 members (excludes halogenated alkanes) is 2. The lowest BCUT2D eigenvalue weighted by Gasteiger charge is -2.31. The Balaban J connectivity index is 2.29. The Morgan fingerprint density at radius 1 is 1.13 bits per heavy atom. The van der Waals surface area contributed by atoms with Gasteiger partial charge in [0.1, 0.15) is 0 Å². The Kier molecular flexibility index (Phi) is 4.55. The molecule has 1 rings (SSSR count). The van der Waals surface area contributed by atoms with Crippen molar-refractivity contribution >= 4 is 11.8 Å². The van der Waals surface area contributed by atoms with Gasteiger partial charge in [-0.3, -0.25) is 9.59 Å². The molecule has 0 atom stereocenters. The van der Waals surface area contributed by atoms with E-state index >= 15 is 0 Å². The highest BCUT2D eigenvalue weighted by Gasteiger charge is 2.26. The summed E-state index contributed by atoms with van der Waals surface area (Å²) in [6, 6.07) is 0. The molecule has 1 N–H and O–H groups in total. The van der Waals surface area contributed by atoms with Crippen LogP contribution < -0.4 is 0 Å². The van der Waals surface area contributed by atoms with Crippen molar-refractivity contribution in [3.63, 3.8) is 0 Å². The number of nitrogens with zero attached hydrogens (tertiary/aromatic N) is 2. The number of likely N-dealkylation sites (N-methyl/N-ethyl adjacent to an activating group) is 1. The average Bonchev–Trinajstić information content (AvgIpc) is 2.20. The molecule has 0 bridgehead atoms. The number of hydrogen-bond donors (Lipinski definition) is 1. The molecule has 2 amide bonds. The van der Waals surface area contributed by atoms with Gasteiger partial charge in [-0.25, -0.2) is 0 Å². The van der Waals surface area contributed by atoms with Crippen LogP contribution in [-0.2, 0) is 9.59 Å². The molecule has 1 aliphatic rings. The van der Waals surface area contributed by atoms with E-state index in [0.717, 1.165) is 19.3 Å². The Morgan fingerprint density at radius 2 is 1.87 bits per heavy atom. The minimum absolute atomic E-state index is 0.00300. The number of rotatable bonds is 5. The summed E-state index contributed by atoms with van der Waals surface area (Å²) in [7, 11) is 1.64. The average molecular weight is 214 g/mol. The summed E-state index contributed by atoms with van der Waals surface area (Å²) in [5.74, 6) is 0.0119. The third-order valence-electron chi connectivity index (χ3n) is 2.56. The van der Waals surface area contributed by atoms with E-state index in [1.54, 1.807) is 11.9 Å². The van der Waals surface area contributed by atoms with Gasteiger partial charge < -0.3 is 14.9 Å². The fourth-order valence-electron chi connectivity index (χ4n) is 1.56. The second-order valence-corrected chi connectivity index (χ2v) is 3.85. The van der Waals surface area contributed by atoms with Crippen molar-refractivity contribution in [2.24, 2.45) is 0 Å². The van der Waals surface area contributed by atoms with E-state index in [0.29, 0.717) is 6.54 Å². The van der Waals surface area contributed by atoms with Crippen molar-refractivity contribution in [1.82, 2.24) is 9.80 Å². The van der Waals surface area contributed by atoms with Crippen molar-refractivity contribution in [2.75, 3.05) is 33.3 Å². The van der Waals surface area contributed by atoms with Crippen LogP contribution in [0.4, 0.5) is 0 Å². The van der Waals surface area contributed by atoms with Gasteiger partial charge in [-0.1, -0.05) is 0 Å². The lowest BCUT2D eigenvalue weighted by molar-refractivity contribution is -0.148. The fraction of sp³-hybridized carbons (Fsp3) is 0.800. The highest BCUT2D eigenvalue weighted by molar-refractivity contribution is 5.92. The maximum absolute atomic E-state index is 11.5. The molecule has 0 aliphatic carbocycles. The predicted octanol–water partition coefficient (Wildman–Crippen LogP) is -0.550. The van der Waals surface area contributed by atoms with Crippen molar-refractivity contribution in [3.8, 4) is 0 Å². The van der Waals surface area contributed by atoms with Crippen LogP contribution in [0.15, 0.2) is 0 Å². The molecule has 0 unspecified atom stereocenters. The Hall–Kier alpha value is -1.10. The van der Waals surface area contributed by atoms with Crippen molar-refractivity contribution < 1.29 is 14.7 Å². The molecule has 1 heterocycles. The van der Waals surface area contributed by atoms with Gasteiger partial charge in [0.25, 0.3) is 0 Å². The highest BCUT2D eigenvalue weighted by Crippen LogP contribution is 2.05. The zero-order chi connectivity index (χ0) is 11.3. The van der Waals surface area contributed by atoms with Gasteiger partial charge in [-0.2, -0.15) is 0 Å². The topological polar surface area (TPSA) is 60.9 Å². The molecule has 0 aromatic carbocycles. The molecule has 0 aromatic rings. The molecule has 1 fully saturated rings. The molecular weight excluding hydrogens is 196 g/mol. The van der Waals surface area contributed by atoms with Crippen LogP contribution in [0.25, 0.3) is 0 Å². The van der Waals surface area contributed by atoms with Gasteiger partial charge in [0.15, 0.2) is 0 Å². The molecule has 1 aliphatic heterocycles. The van der Waals surface area contributed by atoms with Crippen LogP contribution in [-0.4, -0.2) is 60.0 Å². The summed E-state index contributed by atoms with van der Waals surface area (Å²) < 4.78 is 0. The smallest absolute Gasteiger partial charge is 0.242 e. The second-order valence-electron chi connectivity index (χ2n) is 3.85. The minimum Gasteiger partial charge on any atom is -0.396 e. The van der Waals surface area contributed by atoms with Crippen molar-refractivity contribution in [1.29, 1.82) is 0 Å². The first kappa shape index (κ1) is 12.0. The number of carbonyl (C=O) groups excluding carboxylic acids is 2. The van der Waals surface area contributed by atoms with Gasteiger partial charge in [0.2, 0.25) is 11.8 Å². The summed E-state index contributed by atoms with van der Waals surface area (Å²) in [6.45, 7) is 1.21. The maximum atomic E-state index is 11.5. The number of aliphatic hydroxyl groups is 1. The van der Waals surface area contributed by atoms with E-state index in [1.165, 1.54) is 4.90 Å². The zero-order valence-corrected chi connectivity index (χ0v) is 9.11. The molecule has 86 valence electrons. The summed E-state index contributed by atoms with van der Waals surface area (Å²) in [6.07, 6.45) is 2.50. The van der Waals surface area contributed by atoms with Gasteiger partial charge in [0, 0.05) is 20.2 Å². The van der Waals surface area contributed by atoms with Crippen LogP contribution in [0.5, 0.6) is 0 Å². The molecule has 0 saturated carbocycles. The summed E-state index contributed by atoms with van der Waals surface area (Å²) in [4.78, 5) is 25.9. The van der Waals surface area contributed by atoms with Gasteiger partial charge in [-0.15, -0.1) is 0 Å². The van der Waals surface area contributed by atoms with Crippen molar-refractivity contribution in [3.05, 3.63) is 0 Å². The Bertz CT molecular complexity index is 243. The number of carbonyl (C=O) groups is 2.